The van der Waals surface area contributed by atoms with Crippen molar-refractivity contribution in [2.75, 3.05) is 7.05 Å². The molecule has 0 aliphatic rings. The molecule has 0 saturated carbocycles. The lowest BCUT2D eigenvalue weighted by Gasteiger charge is -2.21. The van der Waals surface area contributed by atoms with Crippen LogP contribution in [-0.4, -0.2) is 24.2 Å². The van der Waals surface area contributed by atoms with E-state index in [2.05, 4.69) is 21.2 Å². The van der Waals surface area contributed by atoms with Crippen LogP contribution < -0.4 is 11.1 Å². The number of aryl methyl sites for hydroxylation is 1. The van der Waals surface area contributed by atoms with Gasteiger partial charge in [0.2, 0.25) is 0 Å². The number of hydrogen-bond acceptors (Lipinski definition) is 3. The number of aliphatic carboxylic acids is 1. The van der Waals surface area contributed by atoms with Crippen LogP contribution in [0, 0.1) is 6.92 Å². The average Bonchev–Trinajstić information content (AvgIpc) is 2.29. The minimum atomic E-state index is -0.974. The zero-order valence-electron chi connectivity index (χ0n) is 9.90. The van der Waals surface area contributed by atoms with Gasteiger partial charge in [0.25, 0.3) is 0 Å². The molecule has 2 unspecified atom stereocenters. The standard InChI is InChI=1S/C12H17BrN2O2/c1-7-3-4-8(13)5-9(7)11(15-2)6-10(14)12(16)17/h3-5,10-11,15H,6,14H2,1-2H3,(H,16,17). The molecule has 4 N–H and O–H groups in total. The molecule has 17 heavy (non-hydrogen) atoms. The van der Waals surface area contributed by atoms with E-state index >= 15 is 0 Å². The van der Waals surface area contributed by atoms with Gasteiger partial charge in [0.1, 0.15) is 6.04 Å². The minimum absolute atomic E-state index is 0.0569. The third kappa shape index (κ3) is 3.80. The van der Waals surface area contributed by atoms with Crippen molar-refractivity contribution in [2.24, 2.45) is 5.73 Å². The summed E-state index contributed by atoms with van der Waals surface area (Å²) in [4.78, 5) is 10.8. The molecule has 0 aliphatic heterocycles. The van der Waals surface area contributed by atoms with Crippen LogP contribution in [0.3, 0.4) is 0 Å². The van der Waals surface area contributed by atoms with Gasteiger partial charge in [0.05, 0.1) is 0 Å². The number of carbonyl (C=O) groups is 1. The highest BCUT2D eigenvalue weighted by Crippen LogP contribution is 2.25. The van der Waals surface area contributed by atoms with Gasteiger partial charge < -0.3 is 16.2 Å². The fraction of sp³-hybridized carbons (Fsp3) is 0.417. The van der Waals surface area contributed by atoms with Crippen molar-refractivity contribution in [2.45, 2.75) is 25.4 Å². The smallest absolute Gasteiger partial charge is 0.320 e. The van der Waals surface area contributed by atoms with E-state index in [1.165, 1.54) is 0 Å². The van der Waals surface area contributed by atoms with Crippen molar-refractivity contribution in [1.82, 2.24) is 5.32 Å². The Kier molecular flexibility index (Phi) is 5.11. The number of nitrogens with two attached hydrogens (primary N) is 1. The lowest BCUT2D eigenvalue weighted by molar-refractivity contribution is -0.138. The van der Waals surface area contributed by atoms with Crippen LogP contribution in [0.1, 0.15) is 23.6 Å². The highest BCUT2D eigenvalue weighted by molar-refractivity contribution is 9.10. The highest BCUT2D eigenvalue weighted by Gasteiger charge is 2.20. The summed E-state index contributed by atoms with van der Waals surface area (Å²) in [5.41, 5.74) is 7.75. The van der Waals surface area contributed by atoms with Crippen LogP contribution in [0.5, 0.6) is 0 Å². The molecule has 4 nitrogen and oxygen atoms in total. The van der Waals surface area contributed by atoms with Gasteiger partial charge in [-0.1, -0.05) is 22.0 Å². The number of carboxylic acid groups (broad SMARTS) is 1. The van der Waals surface area contributed by atoms with Crippen molar-refractivity contribution < 1.29 is 9.90 Å². The SMILES string of the molecule is CNC(CC(N)C(=O)O)c1cc(Br)ccc1C. The van der Waals surface area contributed by atoms with Crippen LogP contribution in [0.4, 0.5) is 0 Å². The van der Waals surface area contributed by atoms with Crippen LogP contribution >= 0.6 is 15.9 Å². The summed E-state index contributed by atoms with van der Waals surface area (Å²) in [6, 6.07) is 5.04. The Bertz CT molecular complexity index is 409. The van der Waals surface area contributed by atoms with Crippen LogP contribution in [0.25, 0.3) is 0 Å². The van der Waals surface area contributed by atoms with Gasteiger partial charge in [-0.15, -0.1) is 0 Å². The van der Waals surface area contributed by atoms with Crippen LogP contribution in [-0.2, 0) is 4.79 Å². The van der Waals surface area contributed by atoms with Gasteiger partial charge in [-0.2, -0.15) is 0 Å². The van der Waals surface area contributed by atoms with E-state index < -0.39 is 12.0 Å². The number of benzene rings is 1. The predicted molar refractivity (Wildman–Crippen MR) is 70.9 cm³/mol. The van der Waals surface area contributed by atoms with E-state index in [9.17, 15) is 4.79 Å². The number of hydrogen-bond donors (Lipinski definition) is 3. The molecule has 0 bridgehead atoms. The van der Waals surface area contributed by atoms with E-state index in [0.717, 1.165) is 15.6 Å². The van der Waals surface area contributed by atoms with E-state index in [1.54, 1.807) is 7.05 Å². The predicted octanol–water partition coefficient (Wildman–Crippen LogP) is 1.82. The second-order valence-electron chi connectivity index (χ2n) is 4.02. The van der Waals surface area contributed by atoms with Crippen LogP contribution in [0.15, 0.2) is 22.7 Å². The minimum Gasteiger partial charge on any atom is -0.480 e. The number of halogens is 1. The maximum absolute atomic E-state index is 10.8. The molecular formula is C12H17BrN2O2. The first-order valence-corrected chi connectivity index (χ1v) is 6.16. The molecule has 0 radical (unpaired) electrons. The molecule has 1 aromatic carbocycles. The monoisotopic (exact) mass is 300 g/mol. The van der Waals surface area contributed by atoms with E-state index in [1.807, 2.05) is 25.1 Å². The van der Waals surface area contributed by atoms with Gasteiger partial charge in [-0.3, -0.25) is 4.79 Å². The molecule has 0 saturated heterocycles. The lowest BCUT2D eigenvalue weighted by atomic mass is 9.96. The van der Waals surface area contributed by atoms with Crippen molar-refractivity contribution in [1.29, 1.82) is 0 Å². The topological polar surface area (TPSA) is 75.3 Å². The normalized spacial score (nSPS) is 14.4. The maximum atomic E-state index is 10.8. The summed E-state index contributed by atoms with van der Waals surface area (Å²) < 4.78 is 0.974. The van der Waals surface area contributed by atoms with Crippen LogP contribution in [0.2, 0.25) is 0 Å². The Hall–Kier alpha value is -0.910. The van der Waals surface area contributed by atoms with Gasteiger partial charge in [0, 0.05) is 10.5 Å². The second kappa shape index (κ2) is 6.14. The largest absolute Gasteiger partial charge is 0.480 e. The Morgan fingerprint density at radius 3 is 2.76 bits per heavy atom. The molecule has 1 rings (SSSR count). The van der Waals surface area contributed by atoms with E-state index in [-0.39, 0.29) is 6.04 Å². The van der Waals surface area contributed by atoms with Crippen molar-refractivity contribution in [3.63, 3.8) is 0 Å². The Morgan fingerprint density at radius 1 is 1.59 bits per heavy atom. The Balaban J connectivity index is 2.93. The van der Waals surface area contributed by atoms with Gasteiger partial charge in [0.15, 0.2) is 0 Å². The summed E-state index contributed by atoms with van der Waals surface area (Å²) in [7, 11) is 1.81. The fourth-order valence-electron chi connectivity index (χ4n) is 1.74. The zero-order valence-corrected chi connectivity index (χ0v) is 11.5. The Labute approximate surface area is 109 Å². The molecule has 2 atom stereocenters. The molecule has 0 amide bonds. The van der Waals surface area contributed by atoms with Gasteiger partial charge in [-0.05, 0) is 43.7 Å². The quantitative estimate of drug-likeness (QED) is 0.775. The van der Waals surface area contributed by atoms with Gasteiger partial charge >= 0.3 is 5.97 Å². The van der Waals surface area contributed by atoms with Crippen molar-refractivity contribution >= 4 is 21.9 Å². The zero-order chi connectivity index (χ0) is 13.0. The first-order chi connectivity index (χ1) is 7.95. The third-order valence-corrected chi connectivity index (χ3v) is 3.27. The molecule has 5 heteroatoms. The Morgan fingerprint density at radius 2 is 2.24 bits per heavy atom. The fourth-order valence-corrected chi connectivity index (χ4v) is 2.12. The number of nitrogens with one attached hydrogen (secondary N) is 1. The maximum Gasteiger partial charge on any atom is 0.320 e. The highest BCUT2D eigenvalue weighted by atomic mass is 79.9. The first-order valence-electron chi connectivity index (χ1n) is 5.37. The molecular weight excluding hydrogens is 284 g/mol. The molecule has 0 aromatic heterocycles. The van der Waals surface area contributed by atoms with Crippen molar-refractivity contribution in [3.05, 3.63) is 33.8 Å². The summed E-state index contributed by atoms with van der Waals surface area (Å²) in [6.45, 7) is 2.00. The molecule has 94 valence electrons. The molecule has 0 heterocycles. The molecule has 1 aromatic rings. The average molecular weight is 301 g/mol. The number of carboxylic acids is 1. The number of rotatable bonds is 5. The van der Waals surface area contributed by atoms with E-state index in [4.69, 9.17) is 10.8 Å². The summed E-state index contributed by atoms with van der Waals surface area (Å²) >= 11 is 3.41. The van der Waals surface area contributed by atoms with Gasteiger partial charge in [-0.25, -0.2) is 0 Å². The first kappa shape index (κ1) is 14.2. The summed E-state index contributed by atoms with van der Waals surface area (Å²) in [5, 5.41) is 11.9. The molecule has 0 spiro atoms. The summed E-state index contributed by atoms with van der Waals surface area (Å²) in [5.74, 6) is -0.974. The van der Waals surface area contributed by atoms with E-state index in [0.29, 0.717) is 6.42 Å². The molecule has 0 fully saturated rings. The van der Waals surface area contributed by atoms with Crippen molar-refractivity contribution in [3.8, 4) is 0 Å². The second-order valence-corrected chi connectivity index (χ2v) is 4.94. The summed E-state index contributed by atoms with van der Waals surface area (Å²) in [6.07, 6.45) is 0.364. The lowest BCUT2D eigenvalue weighted by Crippen LogP contribution is -2.35. The molecule has 0 aliphatic carbocycles. The third-order valence-electron chi connectivity index (χ3n) is 2.77.